The van der Waals surface area contributed by atoms with Gasteiger partial charge in [0.1, 0.15) is 0 Å². The maximum atomic E-state index is 13.7. The van der Waals surface area contributed by atoms with Crippen LogP contribution in [0.1, 0.15) is 30.0 Å². The van der Waals surface area contributed by atoms with Crippen LogP contribution >= 0.6 is 11.6 Å². The Morgan fingerprint density at radius 1 is 1.60 bits per heavy atom. The SMILES string of the molecule is Cc1cc(C2CCCN2)c(F)c(O)c1Cl. The summed E-state index contributed by atoms with van der Waals surface area (Å²) in [6.07, 6.45) is 1.93. The van der Waals surface area contributed by atoms with Crippen LogP contribution in [0, 0.1) is 12.7 Å². The third kappa shape index (κ3) is 1.82. The monoisotopic (exact) mass is 229 g/mol. The Bertz CT molecular complexity index is 389. The van der Waals surface area contributed by atoms with Crippen molar-refractivity contribution in [2.45, 2.75) is 25.8 Å². The zero-order chi connectivity index (χ0) is 11.0. The van der Waals surface area contributed by atoms with Crippen LogP contribution in [0.4, 0.5) is 4.39 Å². The molecule has 1 aliphatic rings. The van der Waals surface area contributed by atoms with E-state index < -0.39 is 11.6 Å². The van der Waals surface area contributed by atoms with Crippen molar-refractivity contribution in [3.05, 3.63) is 28.0 Å². The summed E-state index contributed by atoms with van der Waals surface area (Å²) >= 11 is 5.75. The molecule has 15 heavy (non-hydrogen) atoms. The summed E-state index contributed by atoms with van der Waals surface area (Å²) in [5, 5.41) is 12.8. The van der Waals surface area contributed by atoms with Crippen molar-refractivity contribution >= 4 is 11.6 Å². The summed E-state index contributed by atoms with van der Waals surface area (Å²) in [5.74, 6) is -1.02. The highest BCUT2D eigenvalue weighted by Gasteiger charge is 2.23. The molecule has 0 radical (unpaired) electrons. The van der Waals surface area contributed by atoms with E-state index in [1.54, 1.807) is 13.0 Å². The number of benzene rings is 1. The average Bonchev–Trinajstić information content (AvgIpc) is 2.73. The molecular formula is C11H13ClFNO. The van der Waals surface area contributed by atoms with E-state index in [9.17, 15) is 9.50 Å². The molecule has 1 aromatic carbocycles. The van der Waals surface area contributed by atoms with Gasteiger partial charge in [0.25, 0.3) is 0 Å². The summed E-state index contributed by atoms with van der Waals surface area (Å²) in [4.78, 5) is 0. The van der Waals surface area contributed by atoms with E-state index in [4.69, 9.17) is 11.6 Å². The van der Waals surface area contributed by atoms with Gasteiger partial charge in [0.05, 0.1) is 5.02 Å². The molecule has 0 spiro atoms. The molecule has 0 aliphatic carbocycles. The van der Waals surface area contributed by atoms with Gasteiger partial charge in [0, 0.05) is 11.6 Å². The van der Waals surface area contributed by atoms with E-state index in [0.29, 0.717) is 11.1 Å². The number of aromatic hydroxyl groups is 1. The molecule has 4 heteroatoms. The lowest BCUT2D eigenvalue weighted by Crippen LogP contribution is -2.14. The van der Waals surface area contributed by atoms with Gasteiger partial charge in [-0.3, -0.25) is 0 Å². The summed E-state index contributed by atoms with van der Waals surface area (Å²) in [6, 6.07) is 1.72. The van der Waals surface area contributed by atoms with Gasteiger partial charge < -0.3 is 10.4 Å². The maximum Gasteiger partial charge on any atom is 0.171 e. The van der Waals surface area contributed by atoms with E-state index in [-0.39, 0.29) is 11.1 Å². The highest BCUT2D eigenvalue weighted by atomic mass is 35.5. The molecule has 0 saturated carbocycles. The van der Waals surface area contributed by atoms with Crippen LogP contribution in [0.5, 0.6) is 5.75 Å². The minimum atomic E-state index is -0.593. The van der Waals surface area contributed by atoms with Crippen LogP contribution in [-0.4, -0.2) is 11.7 Å². The minimum Gasteiger partial charge on any atom is -0.504 e. The fourth-order valence-electron chi connectivity index (χ4n) is 1.98. The Labute approximate surface area is 93.1 Å². The molecule has 2 N–H and O–H groups in total. The predicted octanol–water partition coefficient (Wildman–Crippen LogP) is 2.92. The van der Waals surface area contributed by atoms with Crippen molar-refractivity contribution in [2.75, 3.05) is 6.54 Å². The first-order valence-corrected chi connectivity index (χ1v) is 5.40. The number of phenols is 1. The summed E-state index contributed by atoms with van der Waals surface area (Å²) in [5.41, 5.74) is 1.23. The van der Waals surface area contributed by atoms with E-state index in [2.05, 4.69) is 5.32 Å². The largest absolute Gasteiger partial charge is 0.504 e. The van der Waals surface area contributed by atoms with Gasteiger partial charge in [-0.1, -0.05) is 11.6 Å². The molecule has 0 bridgehead atoms. The molecular weight excluding hydrogens is 217 g/mol. The van der Waals surface area contributed by atoms with Gasteiger partial charge in [-0.25, -0.2) is 4.39 Å². The maximum absolute atomic E-state index is 13.7. The van der Waals surface area contributed by atoms with Crippen molar-refractivity contribution in [3.63, 3.8) is 0 Å². The molecule has 1 heterocycles. The Morgan fingerprint density at radius 2 is 2.33 bits per heavy atom. The average molecular weight is 230 g/mol. The normalized spacial score (nSPS) is 20.9. The lowest BCUT2D eigenvalue weighted by atomic mass is 10.0. The molecule has 1 fully saturated rings. The van der Waals surface area contributed by atoms with Gasteiger partial charge in [0.15, 0.2) is 11.6 Å². The fourth-order valence-corrected chi connectivity index (χ4v) is 2.12. The molecule has 1 aromatic rings. The first kappa shape index (κ1) is 10.7. The van der Waals surface area contributed by atoms with Gasteiger partial charge in [-0.15, -0.1) is 0 Å². The van der Waals surface area contributed by atoms with Crippen LogP contribution in [0.25, 0.3) is 0 Å². The summed E-state index contributed by atoms with van der Waals surface area (Å²) in [6.45, 7) is 2.66. The van der Waals surface area contributed by atoms with E-state index in [0.717, 1.165) is 19.4 Å². The van der Waals surface area contributed by atoms with E-state index in [1.165, 1.54) is 0 Å². The Morgan fingerprint density at radius 3 is 2.93 bits per heavy atom. The second-order valence-electron chi connectivity index (χ2n) is 3.91. The molecule has 2 nitrogen and oxygen atoms in total. The van der Waals surface area contributed by atoms with Crippen molar-refractivity contribution in [2.24, 2.45) is 0 Å². The Hall–Kier alpha value is -0.800. The Balaban J connectivity index is 2.47. The van der Waals surface area contributed by atoms with Gasteiger partial charge in [-0.2, -0.15) is 0 Å². The molecule has 2 rings (SSSR count). The van der Waals surface area contributed by atoms with Crippen LogP contribution in [0.15, 0.2) is 6.07 Å². The highest BCUT2D eigenvalue weighted by Crippen LogP contribution is 2.36. The number of nitrogens with one attached hydrogen (secondary N) is 1. The predicted molar refractivity (Wildman–Crippen MR) is 57.8 cm³/mol. The molecule has 0 amide bonds. The minimum absolute atomic E-state index is 0.00636. The van der Waals surface area contributed by atoms with E-state index in [1.807, 2.05) is 0 Å². The lowest BCUT2D eigenvalue weighted by molar-refractivity contribution is 0.422. The van der Waals surface area contributed by atoms with Crippen molar-refractivity contribution in [1.29, 1.82) is 0 Å². The van der Waals surface area contributed by atoms with Gasteiger partial charge >= 0.3 is 0 Å². The molecule has 82 valence electrons. The molecule has 1 aliphatic heterocycles. The second-order valence-corrected chi connectivity index (χ2v) is 4.29. The lowest BCUT2D eigenvalue weighted by Gasteiger charge is -2.14. The summed E-state index contributed by atoms with van der Waals surface area (Å²) in [7, 11) is 0. The van der Waals surface area contributed by atoms with Crippen LogP contribution in [-0.2, 0) is 0 Å². The highest BCUT2D eigenvalue weighted by molar-refractivity contribution is 6.32. The standard InChI is InChI=1S/C11H13ClFNO/c1-6-5-7(8-3-2-4-14-8)10(13)11(15)9(6)12/h5,8,14-15H,2-4H2,1H3. The fraction of sp³-hybridized carbons (Fsp3) is 0.455. The number of hydrogen-bond donors (Lipinski definition) is 2. The van der Waals surface area contributed by atoms with Crippen LogP contribution in [0.3, 0.4) is 0 Å². The Kier molecular flexibility index (Phi) is 2.85. The van der Waals surface area contributed by atoms with Crippen LogP contribution in [0.2, 0.25) is 5.02 Å². The van der Waals surface area contributed by atoms with Gasteiger partial charge in [-0.05, 0) is 37.9 Å². The van der Waals surface area contributed by atoms with Gasteiger partial charge in [0.2, 0.25) is 0 Å². The number of aryl methyl sites for hydroxylation is 1. The van der Waals surface area contributed by atoms with Crippen molar-refractivity contribution in [1.82, 2.24) is 5.32 Å². The molecule has 1 unspecified atom stereocenters. The zero-order valence-electron chi connectivity index (χ0n) is 8.48. The third-order valence-electron chi connectivity index (χ3n) is 2.82. The third-order valence-corrected chi connectivity index (χ3v) is 3.30. The van der Waals surface area contributed by atoms with E-state index >= 15 is 0 Å². The first-order chi connectivity index (χ1) is 7.11. The summed E-state index contributed by atoms with van der Waals surface area (Å²) < 4.78 is 13.7. The number of phenolic OH excluding ortho intramolecular Hbond substituents is 1. The second kappa shape index (κ2) is 3.99. The quantitative estimate of drug-likeness (QED) is 0.776. The number of rotatable bonds is 1. The zero-order valence-corrected chi connectivity index (χ0v) is 9.24. The topological polar surface area (TPSA) is 32.3 Å². The molecule has 1 saturated heterocycles. The van der Waals surface area contributed by atoms with Crippen LogP contribution < -0.4 is 5.32 Å². The molecule has 1 atom stereocenters. The molecule has 0 aromatic heterocycles. The van der Waals surface area contributed by atoms with Crippen molar-refractivity contribution in [3.8, 4) is 5.75 Å². The first-order valence-electron chi connectivity index (χ1n) is 5.02. The smallest absolute Gasteiger partial charge is 0.171 e. The number of halogens is 2. The number of hydrogen-bond acceptors (Lipinski definition) is 2. The van der Waals surface area contributed by atoms with Crippen molar-refractivity contribution < 1.29 is 9.50 Å².